The molecule has 2 aliphatic rings. The minimum Gasteiger partial charge on any atom is -0.491 e. The van der Waals surface area contributed by atoms with Gasteiger partial charge in [0.05, 0.1) is 23.0 Å². The van der Waals surface area contributed by atoms with Crippen molar-refractivity contribution in [3.05, 3.63) is 72.8 Å². The van der Waals surface area contributed by atoms with Crippen LogP contribution in [0, 0.1) is 0 Å². The van der Waals surface area contributed by atoms with Crippen molar-refractivity contribution >= 4 is 21.6 Å². The number of ether oxygens (including phenoxy) is 5. The van der Waals surface area contributed by atoms with Crippen LogP contribution in [0.2, 0.25) is 0 Å². The van der Waals surface area contributed by atoms with E-state index in [1.165, 1.54) is 11.3 Å². The van der Waals surface area contributed by atoms with E-state index in [1.54, 1.807) is 48.2 Å². The Morgan fingerprint density at radius 2 is 1.20 bits per heavy atom. The maximum atomic E-state index is 13.2. The molecular formula is C32H38O7S2. The van der Waals surface area contributed by atoms with Crippen LogP contribution in [0.1, 0.15) is 38.5 Å². The summed E-state index contributed by atoms with van der Waals surface area (Å²) in [6.07, 6.45) is 6.17. The van der Waals surface area contributed by atoms with Gasteiger partial charge in [-0.2, -0.15) is 0 Å². The molecule has 2 saturated heterocycles. The second-order valence-electron chi connectivity index (χ2n) is 10.1. The maximum Gasteiger partial charge on any atom is 0.206 e. The van der Waals surface area contributed by atoms with Crippen LogP contribution in [-0.2, 0) is 28.8 Å². The Morgan fingerprint density at radius 1 is 0.659 bits per heavy atom. The smallest absolute Gasteiger partial charge is 0.206 e. The molecule has 2 aliphatic heterocycles. The number of hydrogen-bond acceptors (Lipinski definition) is 8. The zero-order chi connectivity index (χ0) is 28.3. The summed E-state index contributed by atoms with van der Waals surface area (Å²) in [4.78, 5) is 1.65. The summed E-state index contributed by atoms with van der Waals surface area (Å²) in [5, 5.41) is 0. The van der Waals surface area contributed by atoms with Gasteiger partial charge in [-0.3, -0.25) is 0 Å². The largest absolute Gasteiger partial charge is 0.491 e. The van der Waals surface area contributed by atoms with E-state index >= 15 is 0 Å². The van der Waals surface area contributed by atoms with Crippen molar-refractivity contribution in [2.24, 2.45) is 0 Å². The summed E-state index contributed by atoms with van der Waals surface area (Å²) >= 11 is 1.75. The van der Waals surface area contributed by atoms with Crippen molar-refractivity contribution in [3.8, 4) is 16.9 Å². The molecule has 0 radical (unpaired) electrons. The number of benzene rings is 3. The van der Waals surface area contributed by atoms with E-state index < -0.39 is 9.84 Å². The maximum absolute atomic E-state index is 13.2. The Kier molecular flexibility index (Phi) is 11.1. The van der Waals surface area contributed by atoms with Crippen molar-refractivity contribution in [2.75, 3.05) is 38.8 Å². The normalized spacial score (nSPS) is 19.6. The molecule has 0 N–H and O–H groups in total. The Balaban J connectivity index is 1.09. The molecule has 41 heavy (non-hydrogen) atoms. The average molecular weight is 599 g/mol. The van der Waals surface area contributed by atoms with Gasteiger partial charge >= 0.3 is 0 Å². The summed E-state index contributed by atoms with van der Waals surface area (Å²) < 4.78 is 54.7. The SMILES string of the molecule is O=S(=O)(c1ccc(OCCOC2CCCCO2)cc1)c1ccc(-c2ccc(SCCOC3CCCCO3)cc2)cc1. The van der Waals surface area contributed by atoms with Crippen molar-refractivity contribution in [2.45, 2.75) is 65.8 Å². The van der Waals surface area contributed by atoms with E-state index in [2.05, 4.69) is 24.3 Å². The van der Waals surface area contributed by atoms with Gasteiger partial charge in [-0.1, -0.05) is 24.3 Å². The summed E-state index contributed by atoms with van der Waals surface area (Å²) in [5.41, 5.74) is 1.99. The molecule has 0 amide bonds. The minimum atomic E-state index is -3.64. The quantitative estimate of drug-likeness (QED) is 0.158. The Hall–Kier alpha value is -2.40. The van der Waals surface area contributed by atoms with Gasteiger partial charge in [0.25, 0.3) is 0 Å². The lowest BCUT2D eigenvalue weighted by Gasteiger charge is -2.22. The van der Waals surface area contributed by atoms with E-state index in [9.17, 15) is 8.42 Å². The van der Waals surface area contributed by atoms with Gasteiger partial charge in [0.1, 0.15) is 12.4 Å². The highest BCUT2D eigenvalue weighted by atomic mass is 32.2. The van der Waals surface area contributed by atoms with Gasteiger partial charge in [0, 0.05) is 23.9 Å². The van der Waals surface area contributed by atoms with Gasteiger partial charge in [0.15, 0.2) is 12.6 Å². The van der Waals surface area contributed by atoms with Crippen LogP contribution in [0.3, 0.4) is 0 Å². The first-order valence-electron chi connectivity index (χ1n) is 14.4. The Bertz CT molecular complexity index is 1300. The molecule has 3 aromatic rings. The summed E-state index contributed by atoms with van der Waals surface area (Å²) in [5.74, 6) is 1.46. The second kappa shape index (κ2) is 15.2. The summed E-state index contributed by atoms with van der Waals surface area (Å²) in [6.45, 7) is 2.99. The van der Waals surface area contributed by atoms with Crippen molar-refractivity contribution in [3.63, 3.8) is 0 Å². The molecule has 0 saturated carbocycles. The third-order valence-electron chi connectivity index (χ3n) is 7.07. The van der Waals surface area contributed by atoms with Crippen LogP contribution in [0.5, 0.6) is 5.75 Å². The monoisotopic (exact) mass is 598 g/mol. The lowest BCUT2D eigenvalue weighted by molar-refractivity contribution is -0.165. The first-order valence-corrected chi connectivity index (χ1v) is 16.8. The molecule has 0 aliphatic carbocycles. The predicted molar refractivity (Wildman–Crippen MR) is 159 cm³/mol. The molecule has 5 rings (SSSR count). The predicted octanol–water partition coefficient (Wildman–Crippen LogP) is 6.74. The average Bonchev–Trinajstić information content (AvgIpc) is 3.03. The third-order valence-corrected chi connectivity index (χ3v) is 9.84. The standard InChI is InChI=1S/C32H38O7S2/c33-41(34,30-17-11-27(12-18-30)35-21-22-38-31-5-1-3-19-36-31)29-15-9-26(10-16-29)25-7-13-28(14-8-25)40-24-23-39-32-6-2-4-20-37-32/h7-18,31-32H,1-6,19-24H2. The molecular weight excluding hydrogens is 560 g/mol. The van der Waals surface area contributed by atoms with Gasteiger partial charge in [-0.25, -0.2) is 8.42 Å². The number of sulfone groups is 1. The van der Waals surface area contributed by atoms with Crippen LogP contribution in [0.15, 0.2) is 87.5 Å². The fourth-order valence-corrected chi connectivity index (χ4v) is 6.79. The number of rotatable bonds is 13. The zero-order valence-electron chi connectivity index (χ0n) is 23.2. The van der Waals surface area contributed by atoms with E-state index in [4.69, 9.17) is 23.7 Å². The van der Waals surface area contributed by atoms with Gasteiger partial charge in [0.2, 0.25) is 9.84 Å². The molecule has 0 bridgehead atoms. The van der Waals surface area contributed by atoms with Crippen LogP contribution in [-0.4, -0.2) is 59.8 Å². The second-order valence-corrected chi connectivity index (χ2v) is 13.2. The molecule has 0 aromatic heterocycles. The highest BCUT2D eigenvalue weighted by Gasteiger charge is 2.18. The van der Waals surface area contributed by atoms with E-state index in [1.807, 2.05) is 12.1 Å². The molecule has 7 nitrogen and oxygen atoms in total. The minimum absolute atomic E-state index is 0.0517. The highest BCUT2D eigenvalue weighted by Crippen LogP contribution is 2.28. The first kappa shape index (κ1) is 30.1. The summed E-state index contributed by atoms with van der Waals surface area (Å²) in [7, 11) is -3.64. The molecule has 220 valence electrons. The van der Waals surface area contributed by atoms with Gasteiger partial charge in [-0.15, -0.1) is 11.8 Å². The van der Waals surface area contributed by atoms with Crippen LogP contribution in [0.25, 0.3) is 11.1 Å². The third kappa shape index (κ3) is 8.80. The molecule has 3 aromatic carbocycles. The molecule has 2 atom stereocenters. The Labute approximate surface area is 247 Å². The van der Waals surface area contributed by atoms with E-state index in [0.29, 0.717) is 25.6 Å². The fraction of sp³-hybridized carbons (Fsp3) is 0.438. The Morgan fingerprint density at radius 3 is 1.76 bits per heavy atom. The number of hydrogen-bond donors (Lipinski definition) is 0. The molecule has 2 unspecified atom stereocenters. The van der Waals surface area contributed by atoms with Crippen LogP contribution in [0.4, 0.5) is 0 Å². The van der Waals surface area contributed by atoms with Crippen molar-refractivity contribution in [1.29, 1.82) is 0 Å². The van der Waals surface area contributed by atoms with Crippen LogP contribution >= 0.6 is 11.8 Å². The highest BCUT2D eigenvalue weighted by molar-refractivity contribution is 7.99. The van der Waals surface area contributed by atoms with Crippen molar-refractivity contribution < 1.29 is 32.1 Å². The molecule has 2 fully saturated rings. The summed E-state index contributed by atoms with van der Waals surface area (Å²) in [6, 6.07) is 21.8. The zero-order valence-corrected chi connectivity index (χ0v) is 24.9. The fourth-order valence-electron chi connectivity index (χ4n) is 4.78. The topological polar surface area (TPSA) is 80.3 Å². The van der Waals surface area contributed by atoms with E-state index in [-0.39, 0.29) is 22.4 Å². The van der Waals surface area contributed by atoms with Gasteiger partial charge < -0.3 is 23.7 Å². The van der Waals surface area contributed by atoms with E-state index in [0.717, 1.165) is 62.2 Å². The molecule has 2 heterocycles. The van der Waals surface area contributed by atoms with Gasteiger partial charge in [-0.05, 0) is 98.2 Å². The molecule has 9 heteroatoms. The first-order chi connectivity index (χ1) is 20.1. The lowest BCUT2D eigenvalue weighted by Crippen LogP contribution is -2.24. The number of thioether (sulfide) groups is 1. The lowest BCUT2D eigenvalue weighted by atomic mass is 10.1. The van der Waals surface area contributed by atoms with Crippen LogP contribution < -0.4 is 4.74 Å². The molecule has 0 spiro atoms. The van der Waals surface area contributed by atoms with Crippen molar-refractivity contribution in [1.82, 2.24) is 0 Å².